The summed E-state index contributed by atoms with van der Waals surface area (Å²) in [7, 11) is 2.56. The van der Waals surface area contributed by atoms with Gasteiger partial charge in [-0.15, -0.1) is 0 Å². The maximum atomic E-state index is 13.3. The van der Waals surface area contributed by atoms with Crippen LogP contribution in [-0.2, 0) is 15.8 Å². The van der Waals surface area contributed by atoms with Gasteiger partial charge < -0.3 is 23.9 Å². The molecule has 11 heteroatoms. The number of anilines is 1. The molecule has 178 valence electrons. The number of ether oxygens (including phenoxy) is 2. The maximum absolute atomic E-state index is 13.3. The number of nitrogens with zero attached hydrogens (tertiary/aromatic N) is 4. The van der Waals surface area contributed by atoms with Crippen molar-refractivity contribution in [1.82, 2.24) is 24.6 Å². The monoisotopic (exact) mass is 474 g/mol. The second kappa shape index (κ2) is 12.6. The first-order valence-corrected chi connectivity index (χ1v) is 12.5. The zero-order valence-electron chi connectivity index (χ0n) is 19.5. The summed E-state index contributed by atoms with van der Waals surface area (Å²) in [6.07, 6.45) is 4.29. The number of rotatable bonds is 13. The lowest BCUT2D eigenvalue weighted by Crippen LogP contribution is -2.29. The van der Waals surface area contributed by atoms with E-state index in [0.29, 0.717) is 61.3 Å². The molecule has 3 heterocycles. The van der Waals surface area contributed by atoms with Crippen LogP contribution in [0.5, 0.6) is 5.88 Å². The Hall–Kier alpha value is -2.65. The Balaban J connectivity index is 1.92. The van der Waals surface area contributed by atoms with Gasteiger partial charge in [0.2, 0.25) is 5.88 Å². The first-order valence-electron chi connectivity index (χ1n) is 10.8. The highest BCUT2D eigenvalue weighted by molar-refractivity contribution is 7.49. The number of nitrogens with one attached hydrogen (secondary N) is 2. The van der Waals surface area contributed by atoms with Gasteiger partial charge in [0.05, 0.1) is 39.4 Å². The predicted octanol–water partition coefficient (Wildman–Crippen LogP) is 2.88. The molecule has 0 radical (unpaired) electrons. The van der Waals surface area contributed by atoms with Crippen LogP contribution in [0, 0.1) is 0 Å². The molecule has 33 heavy (non-hydrogen) atoms. The Morgan fingerprint density at radius 3 is 2.67 bits per heavy atom. The molecule has 0 fully saturated rings. The number of methoxy groups -OCH3 is 1. The van der Waals surface area contributed by atoms with Crippen molar-refractivity contribution >= 4 is 25.2 Å². The highest BCUT2D eigenvalue weighted by atomic mass is 31.2. The van der Waals surface area contributed by atoms with E-state index in [1.54, 1.807) is 37.2 Å². The molecule has 2 N–H and O–H groups in total. The number of pyridine rings is 2. The van der Waals surface area contributed by atoms with E-state index in [1.165, 1.54) is 0 Å². The lowest BCUT2D eigenvalue weighted by Gasteiger charge is -2.15. The molecule has 0 aliphatic heterocycles. The van der Waals surface area contributed by atoms with Crippen molar-refractivity contribution in [3.63, 3.8) is 0 Å². The van der Waals surface area contributed by atoms with Crippen molar-refractivity contribution in [3.05, 3.63) is 40.9 Å². The van der Waals surface area contributed by atoms with Crippen molar-refractivity contribution in [2.45, 2.75) is 19.9 Å². The summed E-state index contributed by atoms with van der Waals surface area (Å²) in [5, 5.41) is 6.39. The summed E-state index contributed by atoms with van der Waals surface area (Å²) in [4.78, 5) is 26.6. The Bertz CT molecular complexity index is 1090. The van der Waals surface area contributed by atoms with Crippen LogP contribution in [0.4, 0.5) is 5.82 Å². The van der Waals surface area contributed by atoms with E-state index >= 15 is 0 Å². The topological polar surface area (TPSA) is 112 Å². The average Bonchev–Trinajstić information content (AvgIpc) is 2.85. The second-order valence-electron chi connectivity index (χ2n) is 7.19. The van der Waals surface area contributed by atoms with Crippen LogP contribution in [0.25, 0.3) is 22.3 Å². The number of aromatic nitrogens is 4. The Labute approximate surface area is 194 Å². The van der Waals surface area contributed by atoms with Gasteiger partial charge >= 0.3 is 0 Å². The highest BCUT2D eigenvalue weighted by Gasteiger charge is 2.13. The van der Waals surface area contributed by atoms with Gasteiger partial charge in [0.25, 0.3) is 5.56 Å². The standard InChI is InChI=1S/C22H31N6O4P/c1-5-11-32-12-10-28-19-13-17(16-6-7-20(30-2)25-14-16)24-15-18(19)27-21(22(28)29)23-8-9-26-33(4)31-3/h6-7,13-15,26H,5,8-12H2,1-4H3,(H,23,27). The molecule has 0 amide bonds. The van der Waals surface area contributed by atoms with Gasteiger partial charge in [-0.25, -0.2) is 9.97 Å². The largest absolute Gasteiger partial charge is 0.481 e. The van der Waals surface area contributed by atoms with Crippen molar-refractivity contribution in [2.24, 2.45) is 0 Å². The molecule has 0 aromatic carbocycles. The van der Waals surface area contributed by atoms with E-state index in [0.717, 1.165) is 12.0 Å². The van der Waals surface area contributed by atoms with E-state index < -0.39 is 8.30 Å². The fourth-order valence-electron chi connectivity index (χ4n) is 3.15. The first kappa shape index (κ1) is 25.0. The molecule has 3 rings (SSSR count). The zero-order chi connectivity index (χ0) is 23.6. The lowest BCUT2D eigenvalue weighted by molar-refractivity contribution is 0.127. The van der Waals surface area contributed by atoms with E-state index in [2.05, 4.69) is 32.3 Å². The van der Waals surface area contributed by atoms with Crippen molar-refractivity contribution in [3.8, 4) is 17.1 Å². The second-order valence-corrected chi connectivity index (χ2v) is 8.87. The summed E-state index contributed by atoms with van der Waals surface area (Å²) in [5.74, 6) is 0.816. The maximum Gasteiger partial charge on any atom is 0.293 e. The first-order chi connectivity index (χ1) is 16.1. The van der Waals surface area contributed by atoms with Crippen LogP contribution in [0.1, 0.15) is 13.3 Å². The predicted molar refractivity (Wildman–Crippen MR) is 131 cm³/mol. The van der Waals surface area contributed by atoms with E-state index in [4.69, 9.17) is 14.0 Å². The van der Waals surface area contributed by atoms with Gasteiger partial charge in [0.1, 0.15) is 5.52 Å². The quantitative estimate of drug-likeness (QED) is 0.285. The SMILES string of the molecule is CCCOCCn1c(=O)c(NCCNP(C)OC)nc2cnc(-c3ccc(OC)nc3)cc21. The molecule has 0 aliphatic carbocycles. The van der Waals surface area contributed by atoms with Gasteiger partial charge in [-0.2, -0.15) is 0 Å². The normalized spacial score (nSPS) is 12.1. The van der Waals surface area contributed by atoms with Crippen molar-refractivity contribution in [2.75, 3.05) is 52.5 Å². The summed E-state index contributed by atoms with van der Waals surface area (Å²) in [6, 6.07) is 5.52. The molecule has 0 bridgehead atoms. The minimum atomic E-state index is -0.675. The molecule has 0 saturated carbocycles. The van der Waals surface area contributed by atoms with E-state index in [1.807, 2.05) is 18.8 Å². The molecule has 1 atom stereocenters. The van der Waals surface area contributed by atoms with Crippen LogP contribution in [0.2, 0.25) is 0 Å². The Morgan fingerprint density at radius 2 is 1.97 bits per heavy atom. The van der Waals surface area contributed by atoms with Gasteiger partial charge in [0.15, 0.2) is 5.82 Å². The third kappa shape index (κ3) is 6.68. The van der Waals surface area contributed by atoms with Crippen molar-refractivity contribution < 1.29 is 14.0 Å². The number of fused-ring (bicyclic) bond motifs is 1. The number of hydrogen-bond donors (Lipinski definition) is 2. The van der Waals surface area contributed by atoms with Crippen LogP contribution in [0.15, 0.2) is 35.4 Å². The van der Waals surface area contributed by atoms with Gasteiger partial charge in [-0.3, -0.25) is 14.9 Å². The fraction of sp³-hybridized carbons (Fsp3) is 0.455. The molecule has 3 aromatic rings. The highest BCUT2D eigenvalue weighted by Crippen LogP contribution is 2.24. The van der Waals surface area contributed by atoms with Gasteiger partial charge in [0, 0.05) is 51.2 Å². The summed E-state index contributed by atoms with van der Waals surface area (Å²) in [6.45, 7) is 6.72. The van der Waals surface area contributed by atoms with Crippen LogP contribution < -0.4 is 20.7 Å². The molecular weight excluding hydrogens is 443 g/mol. The third-order valence-corrected chi connectivity index (χ3v) is 6.12. The smallest absolute Gasteiger partial charge is 0.293 e. The minimum Gasteiger partial charge on any atom is -0.481 e. The fourth-order valence-corrected chi connectivity index (χ4v) is 3.71. The Kier molecular flexibility index (Phi) is 9.50. The lowest BCUT2D eigenvalue weighted by atomic mass is 10.2. The molecule has 10 nitrogen and oxygen atoms in total. The molecule has 0 saturated heterocycles. The molecule has 0 spiro atoms. The molecular formula is C22H31N6O4P. The summed E-state index contributed by atoms with van der Waals surface area (Å²) in [5.41, 5.74) is 2.64. The average molecular weight is 475 g/mol. The van der Waals surface area contributed by atoms with Gasteiger partial charge in [-0.1, -0.05) is 6.92 Å². The molecule has 0 aliphatic rings. The minimum absolute atomic E-state index is 0.196. The van der Waals surface area contributed by atoms with Gasteiger partial charge in [-0.05, 0) is 25.2 Å². The van der Waals surface area contributed by atoms with Crippen LogP contribution >= 0.6 is 8.30 Å². The Morgan fingerprint density at radius 1 is 1.12 bits per heavy atom. The summed E-state index contributed by atoms with van der Waals surface area (Å²) >= 11 is 0. The molecule has 3 aromatic heterocycles. The van der Waals surface area contributed by atoms with Crippen molar-refractivity contribution in [1.29, 1.82) is 0 Å². The van der Waals surface area contributed by atoms with Crippen LogP contribution in [-0.4, -0.2) is 66.7 Å². The van der Waals surface area contributed by atoms with E-state index in [9.17, 15) is 4.79 Å². The number of hydrogen-bond acceptors (Lipinski definition) is 9. The van der Waals surface area contributed by atoms with Crippen LogP contribution in [0.3, 0.4) is 0 Å². The molecule has 1 unspecified atom stereocenters. The third-order valence-electron chi connectivity index (χ3n) is 4.91. The zero-order valence-corrected chi connectivity index (χ0v) is 20.4. The summed E-state index contributed by atoms with van der Waals surface area (Å²) < 4.78 is 17.7. The van der Waals surface area contributed by atoms with E-state index in [-0.39, 0.29) is 5.56 Å².